The summed E-state index contributed by atoms with van der Waals surface area (Å²) in [4.78, 5) is 21.9. The van der Waals surface area contributed by atoms with Crippen LogP contribution in [0.2, 0.25) is 0 Å². The number of hydrogen-bond donors (Lipinski definition) is 1. The number of aromatic nitrogens is 1. The second-order valence-electron chi connectivity index (χ2n) is 5.57. The lowest BCUT2D eigenvalue weighted by Crippen LogP contribution is -2.50. The molecular formula is C14H22N4OS. The first-order chi connectivity index (χ1) is 9.76. The monoisotopic (exact) mass is 294 g/mol. The van der Waals surface area contributed by atoms with Gasteiger partial charge in [0.1, 0.15) is 0 Å². The number of hydrogen-bond acceptors (Lipinski definition) is 5. The van der Waals surface area contributed by atoms with Crippen molar-refractivity contribution in [2.24, 2.45) is 0 Å². The van der Waals surface area contributed by atoms with Gasteiger partial charge in [0.2, 0.25) is 5.91 Å². The van der Waals surface area contributed by atoms with E-state index in [1.54, 1.807) is 11.3 Å². The Labute approximate surface area is 124 Å². The highest BCUT2D eigenvalue weighted by Crippen LogP contribution is 2.25. The van der Waals surface area contributed by atoms with Crippen LogP contribution in [0.5, 0.6) is 0 Å². The third-order valence-corrected chi connectivity index (χ3v) is 4.98. The van der Waals surface area contributed by atoms with Gasteiger partial charge in [-0.05, 0) is 12.8 Å². The normalized spacial score (nSPS) is 23.1. The zero-order valence-electron chi connectivity index (χ0n) is 12.0. The average Bonchev–Trinajstić information content (AvgIpc) is 3.04. The van der Waals surface area contributed by atoms with Gasteiger partial charge in [-0.3, -0.25) is 9.69 Å². The first-order valence-electron chi connectivity index (χ1n) is 7.46. The predicted molar refractivity (Wildman–Crippen MR) is 80.9 cm³/mol. The largest absolute Gasteiger partial charge is 0.362 e. The molecule has 0 aliphatic carbocycles. The number of anilines is 1. The highest BCUT2D eigenvalue weighted by Gasteiger charge is 2.35. The highest BCUT2D eigenvalue weighted by molar-refractivity contribution is 7.15. The number of amides is 1. The van der Waals surface area contributed by atoms with Gasteiger partial charge in [-0.2, -0.15) is 0 Å². The fraction of sp³-hybridized carbons (Fsp3) is 0.714. The molecule has 1 unspecified atom stereocenters. The minimum atomic E-state index is 0.346. The minimum Gasteiger partial charge on any atom is -0.362 e. The molecule has 1 amide bonds. The molecule has 1 N–H and O–H groups in total. The van der Waals surface area contributed by atoms with Gasteiger partial charge in [0.25, 0.3) is 0 Å². The van der Waals surface area contributed by atoms with Crippen LogP contribution in [0.4, 0.5) is 5.13 Å². The van der Waals surface area contributed by atoms with Crippen molar-refractivity contribution in [3.63, 3.8) is 0 Å². The average molecular weight is 294 g/mol. The van der Waals surface area contributed by atoms with E-state index in [9.17, 15) is 4.79 Å². The van der Waals surface area contributed by atoms with E-state index in [2.05, 4.69) is 27.0 Å². The Kier molecular flexibility index (Phi) is 4.21. The Morgan fingerprint density at radius 1 is 1.50 bits per heavy atom. The molecule has 6 heteroatoms. The third-order valence-electron chi connectivity index (χ3n) is 4.04. The predicted octanol–water partition coefficient (Wildman–Crippen LogP) is 1.77. The summed E-state index contributed by atoms with van der Waals surface area (Å²) < 4.78 is 0. The minimum absolute atomic E-state index is 0.346. The standard InChI is InChI=1S/C14H22N4OS/c1-2-5-15-14-16-8-12(20-14)10-17-6-7-18-11(9-17)3-4-13(18)19/h8,11H,2-7,9-10H2,1H3,(H,15,16). The lowest BCUT2D eigenvalue weighted by molar-refractivity contribution is -0.130. The van der Waals surface area contributed by atoms with Crippen molar-refractivity contribution < 1.29 is 4.79 Å². The molecule has 20 heavy (non-hydrogen) atoms. The van der Waals surface area contributed by atoms with E-state index in [0.29, 0.717) is 11.9 Å². The van der Waals surface area contributed by atoms with Crippen LogP contribution in [0.15, 0.2) is 6.20 Å². The molecule has 2 aliphatic heterocycles. The summed E-state index contributed by atoms with van der Waals surface area (Å²) in [7, 11) is 0. The Hall–Kier alpha value is -1.14. The Morgan fingerprint density at radius 2 is 2.40 bits per heavy atom. The van der Waals surface area contributed by atoms with E-state index in [0.717, 1.165) is 57.1 Å². The van der Waals surface area contributed by atoms with Crippen LogP contribution < -0.4 is 5.32 Å². The van der Waals surface area contributed by atoms with Crippen molar-refractivity contribution in [2.45, 2.75) is 38.8 Å². The van der Waals surface area contributed by atoms with Crippen LogP contribution in [-0.2, 0) is 11.3 Å². The summed E-state index contributed by atoms with van der Waals surface area (Å²) in [5.74, 6) is 0.346. The van der Waals surface area contributed by atoms with Gasteiger partial charge in [0.05, 0.1) is 0 Å². The molecule has 0 spiro atoms. The van der Waals surface area contributed by atoms with Crippen LogP contribution in [-0.4, -0.2) is 52.9 Å². The maximum Gasteiger partial charge on any atom is 0.222 e. The lowest BCUT2D eigenvalue weighted by atomic mass is 10.1. The molecule has 110 valence electrons. The molecule has 2 aliphatic rings. The number of rotatable bonds is 5. The van der Waals surface area contributed by atoms with Gasteiger partial charge >= 0.3 is 0 Å². The lowest BCUT2D eigenvalue weighted by Gasteiger charge is -2.37. The molecule has 0 aromatic carbocycles. The summed E-state index contributed by atoms with van der Waals surface area (Å²) >= 11 is 1.75. The molecule has 2 saturated heterocycles. The van der Waals surface area contributed by atoms with Crippen molar-refractivity contribution in [3.05, 3.63) is 11.1 Å². The highest BCUT2D eigenvalue weighted by atomic mass is 32.1. The van der Waals surface area contributed by atoms with Crippen molar-refractivity contribution in [1.82, 2.24) is 14.8 Å². The molecule has 0 bridgehead atoms. The molecule has 1 atom stereocenters. The van der Waals surface area contributed by atoms with Crippen LogP contribution >= 0.6 is 11.3 Å². The molecule has 5 nitrogen and oxygen atoms in total. The van der Waals surface area contributed by atoms with Crippen LogP contribution in [0.25, 0.3) is 0 Å². The van der Waals surface area contributed by atoms with E-state index in [1.165, 1.54) is 4.88 Å². The van der Waals surface area contributed by atoms with Crippen LogP contribution in [0, 0.1) is 0 Å². The van der Waals surface area contributed by atoms with Crippen molar-refractivity contribution in [1.29, 1.82) is 0 Å². The molecule has 3 rings (SSSR count). The zero-order valence-corrected chi connectivity index (χ0v) is 12.8. The summed E-state index contributed by atoms with van der Waals surface area (Å²) in [5, 5.41) is 4.36. The molecule has 1 aromatic heterocycles. The number of thiazole rings is 1. The molecule has 0 radical (unpaired) electrons. The number of piperazine rings is 1. The quantitative estimate of drug-likeness (QED) is 0.899. The number of fused-ring (bicyclic) bond motifs is 1. The fourth-order valence-electron chi connectivity index (χ4n) is 2.99. The number of nitrogens with zero attached hydrogens (tertiary/aromatic N) is 3. The summed E-state index contributed by atoms with van der Waals surface area (Å²) in [5.41, 5.74) is 0. The third kappa shape index (κ3) is 2.96. The topological polar surface area (TPSA) is 48.5 Å². The zero-order chi connectivity index (χ0) is 13.9. The number of nitrogens with one attached hydrogen (secondary N) is 1. The molecule has 2 fully saturated rings. The van der Waals surface area contributed by atoms with Crippen LogP contribution in [0.1, 0.15) is 31.1 Å². The van der Waals surface area contributed by atoms with E-state index >= 15 is 0 Å². The summed E-state index contributed by atoms with van der Waals surface area (Å²) in [6, 6.07) is 0.446. The van der Waals surface area contributed by atoms with Gasteiger partial charge in [-0.15, -0.1) is 11.3 Å². The summed E-state index contributed by atoms with van der Waals surface area (Å²) in [6.07, 6.45) is 4.87. The van der Waals surface area contributed by atoms with Gasteiger partial charge in [0, 0.05) is 56.3 Å². The van der Waals surface area contributed by atoms with Crippen molar-refractivity contribution >= 4 is 22.4 Å². The Bertz CT molecular complexity index is 475. The van der Waals surface area contributed by atoms with Gasteiger partial charge in [-0.25, -0.2) is 4.98 Å². The van der Waals surface area contributed by atoms with Crippen molar-refractivity contribution in [3.8, 4) is 0 Å². The summed E-state index contributed by atoms with van der Waals surface area (Å²) in [6.45, 7) is 6.99. The van der Waals surface area contributed by atoms with E-state index < -0.39 is 0 Å². The molecule has 3 heterocycles. The Balaban J connectivity index is 1.53. The second kappa shape index (κ2) is 6.10. The first kappa shape index (κ1) is 13.8. The number of carbonyl (C=O) groups is 1. The molecule has 1 aromatic rings. The van der Waals surface area contributed by atoms with Gasteiger partial charge < -0.3 is 10.2 Å². The van der Waals surface area contributed by atoms with Crippen LogP contribution in [0.3, 0.4) is 0 Å². The first-order valence-corrected chi connectivity index (χ1v) is 8.28. The molecule has 0 saturated carbocycles. The maximum absolute atomic E-state index is 11.7. The smallest absolute Gasteiger partial charge is 0.222 e. The van der Waals surface area contributed by atoms with E-state index in [4.69, 9.17) is 0 Å². The fourth-order valence-corrected chi connectivity index (χ4v) is 3.87. The number of carbonyl (C=O) groups excluding carboxylic acids is 1. The van der Waals surface area contributed by atoms with E-state index in [1.807, 2.05) is 6.20 Å². The Morgan fingerprint density at radius 3 is 3.25 bits per heavy atom. The van der Waals surface area contributed by atoms with Gasteiger partial charge in [-0.1, -0.05) is 6.92 Å². The van der Waals surface area contributed by atoms with Crippen molar-refractivity contribution in [2.75, 3.05) is 31.5 Å². The SMILES string of the molecule is CCCNc1ncc(CN2CCN3C(=O)CCC3C2)s1. The molecular weight excluding hydrogens is 272 g/mol. The van der Waals surface area contributed by atoms with E-state index in [-0.39, 0.29) is 0 Å². The second-order valence-corrected chi connectivity index (χ2v) is 6.69. The maximum atomic E-state index is 11.7. The van der Waals surface area contributed by atoms with Gasteiger partial charge in [0.15, 0.2) is 5.13 Å².